The van der Waals surface area contributed by atoms with Gasteiger partial charge in [-0.1, -0.05) is 35.5 Å². The lowest BCUT2D eigenvalue weighted by atomic mass is 10.1. The predicted octanol–water partition coefficient (Wildman–Crippen LogP) is 1.37. The summed E-state index contributed by atoms with van der Waals surface area (Å²) in [7, 11) is -3.33. The summed E-state index contributed by atoms with van der Waals surface area (Å²) in [6.07, 6.45) is 1.85. The van der Waals surface area contributed by atoms with Gasteiger partial charge in [0.1, 0.15) is 5.69 Å². The zero-order valence-electron chi connectivity index (χ0n) is 13.9. The van der Waals surface area contributed by atoms with Crippen molar-refractivity contribution in [1.29, 1.82) is 0 Å². The molecule has 2 heterocycles. The van der Waals surface area contributed by atoms with E-state index in [9.17, 15) is 8.42 Å². The highest BCUT2D eigenvalue weighted by Crippen LogP contribution is 2.30. The van der Waals surface area contributed by atoms with Crippen molar-refractivity contribution in [3.63, 3.8) is 0 Å². The summed E-state index contributed by atoms with van der Waals surface area (Å²) in [4.78, 5) is 0. The van der Waals surface area contributed by atoms with Gasteiger partial charge in [0, 0.05) is 19.5 Å². The van der Waals surface area contributed by atoms with Gasteiger partial charge in [-0.2, -0.15) is 4.31 Å². The van der Waals surface area contributed by atoms with Gasteiger partial charge in [-0.05, 0) is 12.5 Å². The Morgan fingerprint density at radius 2 is 2.04 bits per heavy atom. The van der Waals surface area contributed by atoms with Gasteiger partial charge in [0.25, 0.3) is 0 Å². The van der Waals surface area contributed by atoms with Crippen molar-refractivity contribution in [2.75, 3.05) is 19.4 Å². The van der Waals surface area contributed by atoms with E-state index in [0.29, 0.717) is 25.3 Å². The third-order valence-electron chi connectivity index (χ3n) is 4.21. The maximum Gasteiger partial charge on any atom is 0.211 e. The molecule has 0 radical (unpaired) electrons. The van der Waals surface area contributed by atoms with Crippen molar-refractivity contribution < 1.29 is 13.2 Å². The Morgan fingerprint density at radius 3 is 2.71 bits per heavy atom. The fourth-order valence-electron chi connectivity index (χ4n) is 3.05. The van der Waals surface area contributed by atoms with Crippen LogP contribution in [0, 0.1) is 0 Å². The minimum Gasteiger partial charge on any atom is -0.375 e. The van der Waals surface area contributed by atoms with Crippen LogP contribution >= 0.6 is 0 Å². The van der Waals surface area contributed by atoms with Crippen molar-refractivity contribution in [3.8, 4) is 0 Å². The molecule has 1 aromatic carbocycles. The van der Waals surface area contributed by atoms with E-state index >= 15 is 0 Å². The normalized spacial score (nSPS) is 18.5. The third-order valence-corrected chi connectivity index (χ3v) is 5.50. The van der Waals surface area contributed by atoms with E-state index in [1.165, 1.54) is 10.6 Å². The van der Waals surface area contributed by atoms with Crippen LogP contribution in [0.15, 0.2) is 30.3 Å². The molecule has 0 amide bonds. The Kier molecular flexibility index (Phi) is 4.98. The molecule has 0 fully saturated rings. The highest BCUT2D eigenvalue weighted by atomic mass is 32.2. The van der Waals surface area contributed by atoms with Crippen LogP contribution in [0.2, 0.25) is 0 Å². The van der Waals surface area contributed by atoms with E-state index in [1.54, 1.807) is 0 Å². The highest BCUT2D eigenvalue weighted by molar-refractivity contribution is 7.88. The summed E-state index contributed by atoms with van der Waals surface area (Å²) in [6, 6.07) is 9.39. The van der Waals surface area contributed by atoms with Crippen LogP contribution in [0.5, 0.6) is 0 Å². The molecule has 8 heteroatoms. The van der Waals surface area contributed by atoms with E-state index in [2.05, 4.69) is 10.3 Å². The fraction of sp³-hybridized carbons (Fsp3) is 0.500. The van der Waals surface area contributed by atoms with E-state index in [1.807, 2.05) is 41.9 Å². The number of sulfonamides is 1. The molecule has 3 rings (SSSR count). The van der Waals surface area contributed by atoms with Gasteiger partial charge >= 0.3 is 0 Å². The molecule has 7 nitrogen and oxygen atoms in total. The maximum atomic E-state index is 12.1. The van der Waals surface area contributed by atoms with Crippen LogP contribution in [0.25, 0.3) is 0 Å². The Bertz CT molecular complexity index is 789. The molecule has 0 saturated heterocycles. The number of nitrogens with zero attached hydrogens (tertiary/aromatic N) is 4. The van der Waals surface area contributed by atoms with Gasteiger partial charge in [0.2, 0.25) is 10.0 Å². The van der Waals surface area contributed by atoms with Crippen molar-refractivity contribution >= 4 is 10.0 Å². The standard InChI is InChI=1S/C16H22N4O3S/c1-3-19-14-9-10-20(24(2,21)22)15(16(14)17-18-19)12-23-11-13-7-5-4-6-8-13/h4-8,15H,3,9-12H2,1-2H3. The molecular weight excluding hydrogens is 328 g/mol. The van der Waals surface area contributed by atoms with E-state index in [-0.39, 0.29) is 6.61 Å². The number of fused-ring (bicyclic) bond motifs is 1. The Balaban J connectivity index is 1.79. The molecule has 24 heavy (non-hydrogen) atoms. The van der Waals surface area contributed by atoms with Gasteiger partial charge < -0.3 is 4.74 Å². The van der Waals surface area contributed by atoms with Gasteiger partial charge in [-0.25, -0.2) is 13.1 Å². The van der Waals surface area contributed by atoms with Crippen molar-refractivity contribution in [2.24, 2.45) is 0 Å². The molecule has 2 aromatic rings. The van der Waals surface area contributed by atoms with Gasteiger partial charge in [0.05, 0.1) is 31.2 Å². The summed E-state index contributed by atoms with van der Waals surface area (Å²) in [5.74, 6) is 0. The summed E-state index contributed by atoms with van der Waals surface area (Å²) in [5.41, 5.74) is 2.77. The first-order valence-electron chi connectivity index (χ1n) is 8.01. The van der Waals surface area contributed by atoms with Gasteiger partial charge in [0.15, 0.2) is 0 Å². The summed E-state index contributed by atoms with van der Waals surface area (Å²) < 4.78 is 33.4. The van der Waals surface area contributed by atoms with Crippen LogP contribution in [0.4, 0.5) is 0 Å². The van der Waals surface area contributed by atoms with Crippen LogP contribution < -0.4 is 0 Å². The predicted molar refractivity (Wildman–Crippen MR) is 89.8 cm³/mol. The minimum absolute atomic E-state index is 0.261. The fourth-order valence-corrected chi connectivity index (χ4v) is 4.09. The first-order valence-corrected chi connectivity index (χ1v) is 9.86. The molecule has 1 unspecified atom stereocenters. The Morgan fingerprint density at radius 1 is 1.29 bits per heavy atom. The topological polar surface area (TPSA) is 77.3 Å². The number of benzene rings is 1. The van der Waals surface area contributed by atoms with Crippen LogP contribution in [0.1, 0.15) is 29.9 Å². The zero-order valence-corrected chi connectivity index (χ0v) is 14.7. The average Bonchev–Trinajstić information content (AvgIpc) is 2.98. The quantitative estimate of drug-likeness (QED) is 0.786. The summed E-state index contributed by atoms with van der Waals surface area (Å²) >= 11 is 0. The zero-order chi connectivity index (χ0) is 17.2. The van der Waals surface area contributed by atoms with Crippen LogP contribution in [-0.2, 0) is 34.3 Å². The Hall–Kier alpha value is -1.77. The van der Waals surface area contributed by atoms with Crippen LogP contribution in [0.3, 0.4) is 0 Å². The first-order chi connectivity index (χ1) is 11.5. The lowest BCUT2D eigenvalue weighted by Gasteiger charge is -2.32. The molecule has 1 aromatic heterocycles. The van der Waals surface area contributed by atoms with E-state index in [0.717, 1.165) is 17.8 Å². The SMILES string of the molecule is CCn1nnc2c1CCN(S(C)(=O)=O)C2COCc1ccccc1. The summed E-state index contributed by atoms with van der Waals surface area (Å²) in [6.45, 7) is 3.85. The molecule has 1 atom stereocenters. The number of rotatable bonds is 6. The van der Waals surface area contributed by atoms with Gasteiger partial charge in [-0.3, -0.25) is 0 Å². The molecule has 0 N–H and O–H groups in total. The molecule has 1 aliphatic heterocycles. The molecule has 0 aliphatic carbocycles. The monoisotopic (exact) mass is 350 g/mol. The largest absolute Gasteiger partial charge is 0.375 e. The molecule has 0 saturated carbocycles. The van der Waals surface area contributed by atoms with Crippen molar-refractivity contribution in [3.05, 3.63) is 47.3 Å². The van der Waals surface area contributed by atoms with E-state index in [4.69, 9.17) is 4.74 Å². The third kappa shape index (κ3) is 3.50. The van der Waals surface area contributed by atoms with E-state index < -0.39 is 16.1 Å². The van der Waals surface area contributed by atoms with Gasteiger partial charge in [-0.15, -0.1) is 5.10 Å². The average molecular weight is 350 g/mol. The number of hydrogen-bond donors (Lipinski definition) is 0. The second-order valence-corrected chi connectivity index (χ2v) is 7.81. The Labute approximate surface area is 142 Å². The van der Waals surface area contributed by atoms with Crippen molar-refractivity contribution in [1.82, 2.24) is 19.3 Å². The van der Waals surface area contributed by atoms with Crippen LogP contribution in [-0.4, -0.2) is 47.1 Å². The molecular formula is C16H22N4O3S. The number of aromatic nitrogens is 3. The number of ether oxygens (including phenoxy) is 1. The highest BCUT2D eigenvalue weighted by Gasteiger charge is 2.36. The van der Waals surface area contributed by atoms with Crippen molar-refractivity contribution in [2.45, 2.75) is 32.5 Å². The second-order valence-electron chi connectivity index (χ2n) is 5.88. The molecule has 0 spiro atoms. The molecule has 130 valence electrons. The lowest BCUT2D eigenvalue weighted by molar-refractivity contribution is 0.0722. The second kappa shape index (κ2) is 7.00. The number of hydrogen-bond acceptors (Lipinski definition) is 5. The number of aryl methyl sites for hydroxylation is 1. The molecule has 1 aliphatic rings. The lowest BCUT2D eigenvalue weighted by Crippen LogP contribution is -2.41. The summed E-state index contributed by atoms with van der Waals surface area (Å²) in [5, 5.41) is 8.36. The minimum atomic E-state index is -3.33. The first kappa shape index (κ1) is 17.1. The smallest absolute Gasteiger partial charge is 0.211 e. The molecule has 0 bridgehead atoms. The maximum absolute atomic E-state index is 12.1.